The maximum atomic E-state index is 11.9. The zero-order valence-corrected chi connectivity index (χ0v) is 13.8. The first-order valence-corrected chi connectivity index (χ1v) is 8.57. The lowest BCUT2D eigenvalue weighted by molar-refractivity contribution is -0.129. The highest BCUT2D eigenvalue weighted by atomic mass is 16.2. The monoisotopic (exact) mass is 296 g/mol. The molecule has 0 aromatic heterocycles. The van der Waals surface area contributed by atoms with E-state index in [1.54, 1.807) is 0 Å². The molecule has 0 unspecified atom stereocenters. The Balaban J connectivity index is 2.19. The molecule has 5 heteroatoms. The molecule has 0 spiro atoms. The number of carbonyl (C=O) groups excluding carboxylic acids is 1. The molecular weight excluding hydrogens is 264 g/mol. The Hall–Kier alpha value is -1.26. The summed E-state index contributed by atoms with van der Waals surface area (Å²) >= 11 is 0. The van der Waals surface area contributed by atoms with Crippen molar-refractivity contribution < 1.29 is 4.79 Å². The largest absolute Gasteiger partial charge is 0.357 e. The van der Waals surface area contributed by atoms with E-state index in [1.165, 1.54) is 19.3 Å². The van der Waals surface area contributed by atoms with Gasteiger partial charge < -0.3 is 15.5 Å². The standard InChI is InChI=1S/C16H32N4O/c1-3-5-6-7-11-18-16(17-4-2)19-12-10-15(21)20-13-8-9-14-20/h3-14H2,1-2H3,(H2,17,18,19). The van der Waals surface area contributed by atoms with E-state index in [1.807, 2.05) is 4.90 Å². The number of amides is 1. The van der Waals surface area contributed by atoms with Crippen LogP contribution < -0.4 is 10.6 Å². The molecule has 0 atom stereocenters. The van der Waals surface area contributed by atoms with Crippen molar-refractivity contribution in [3.8, 4) is 0 Å². The summed E-state index contributed by atoms with van der Waals surface area (Å²) in [4.78, 5) is 18.5. The van der Waals surface area contributed by atoms with Crippen molar-refractivity contribution in [1.29, 1.82) is 0 Å². The van der Waals surface area contributed by atoms with Crippen LogP contribution in [0.3, 0.4) is 0 Å². The van der Waals surface area contributed by atoms with E-state index < -0.39 is 0 Å². The third-order valence-electron chi connectivity index (χ3n) is 3.72. The van der Waals surface area contributed by atoms with E-state index in [9.17, 15) is 4.79 Å². The van der Waals surface area contributed by atoms with Gasteiger partial charge in [-0.15, -0.1) is 0 Å². The van der Waals surface area contributed by atoms with Crippen LogP contribution in [0.2, 0.25) is 0 Å². The first-order chi connectivity index (χ1) is 10.3. The second-order valence-electron chi connectivity index (χ2n) is 5.59. The molecule has 0 saturated carbocycles. The van der Waals surface area contributed by atoms with Crippen LogP contribution in [-0.2, 0) is 4.79 Å². The maximum Gasteiger partial charge on any atom is 0.224 e. The van der Waals surface area contributed by atoms with E-state index in [-0.39, 0.29) is 5.91 Å². The van der Waals surface area contributed by atoms with Crippen molar-refractivity contribution in [3.05, 3.63) is 0 Å². The summed E-state index contributed by atoms with van der Waals surface area (Å²) in [5.74, 6) is 1.10. The van der Waals surface area contributed by atoms with Gasteiger partial charge in [-0.2, -0.15) is 0 Å². The molecule has 1 amide bonds. The predicted molar refractivity (Wildman–Crippen MR) is 88.6 cm³/mol. The van der Waals surface area contributed by atoms with Crippen molar-refractivity contribution in [3.63, 3.8) is 0 Å². The number of rotatable bonds is 9. The molecular formula is C16H32N4O. The van der Waals surface area contributed by atoms with E-state index in [4.69, 9.17) is 0 Å². The van der Waals surface area contributed by atoms with Gasteiger partial charge in [0.05, 0.1) is 0 Å². The number of hydrogen-bond acceptors (Lipinski definition) is 2. The van der Waals surface area contributed by atoms with Crippen LogP contribution in [0, 0.1) is 0 Å². The summed E-state index contributed by atoms with van der Waals surface area (Å²) in [6.07, 6.45) is 7.77. The van der Waals surface area contributed by atoms with E-state index >= 15 is 0 Å². The van der Waals surface area contributed by atoms with Gasteiger partial charge in [0.25, 0.3) is 0 Å². The van der Waals surface area contributed by atoms with Gasteiger partial charge in [-0.3, -0.25) is 9.79 Å². The molecule has 1 fully saturated rings. The second kappa shape index (κ2) is 11.4. The van der Waals surface area contributed by atoms with Gasteiger partial charge in [-0.1, -0.05) is 26.2 Å². The third-order valence-corrected chi connectivity index (χ3v) is 3.72. The van der Waals surface area contributed by atoms with Crippen LogP contribution in [-0.4, -0.2) is 49.5 Å². The zero-order valence-electron chi connectivity index (χ0n) is 13.8. The highest BCUT2D eigenvalue weighted by molar-refractivity contribution is 5.81. The SMILES string of the molecule is CCCCCCN=C(NCC)NCCC(=O)N1CCCC1. The van der Waals surface area contributed by atoms with Crippen LogP contribution in [0.1, 0.15) is 58.8 Å². The van der Waals surface area contributed by atoms with E-state index in [0.29, 0.717) is 13.0 Å². The van der Waals surface area contributed by atoms with Gasteiger partial charge in [0.1, 0.15) is 0 Å². The van der Waals surface area contributed by atoms with E-state index in [2.05, 4.69) is 29.5 Å². The third kappa shape index (κ3) is 7.93. The summed E-state index contributed by atoms with van der Waals surface area (Å²) in [5, 5.41) is 6.49. The topological polar surface area (TPSA) is 56.7 Å². The highest BCUT2D eigenvalue weighted by Crippen LogP contribution is 2.08. The molecule has 2 N–H and O–H groups in total. The lowest BCUT2D eigenvalue weighted by Gasteiger charge is -2.16. The fourth-order valence-corrected chi connectivity index (χ4v) is 2.48. The normalized spacial score (nSPS) is 15.3. The molecule has 1 aliphatic rings. The van der Waals surface area contributed by atoms with E-state index in [0.717, 1.165) is 51.4 Å². The number of nitrogens with one attached hydrogen (secondary N) is 2. The van der Waals surface area contributed by atoms with Crippen molar-refractivity contribution in [2.24, 2.45) is 4.99 Å². The quantitative estimate of drug-likeness (QED) is 0.389. The van der Waals surface area contributed by atoms with Gasteiger partial charge in [-0.25, -0.2) is 0 Å². The molecule has 122 valence electrons. The molecule has 21 heavy (non-hydrogen) atoms. The van der Waals surface area contributed by atoms with Crippen LogP contribution in [0.4, 0.5) is 0 Å². The predicted octanol–water partition coefficient (Wildman–Crippen LogP) is 2.13. The van der Waals surface area contributed by atoms with Crippen LogP contribution >= 0.6 is 0 Å². The van der Waals surface area contributed by atoms with Crippen molar-refractivity contribution in [1.82, 2.24) is 15.5 Å². The Kier molecular flexibility index (Phi) is 9.66. The van der Waals surface area contributed by atoms with Crippen LogP contribution in [0.25, 0.3) is 0 Å². The molecule has 0 radical (unpaired) electrons. The fourth-order valence-electron chi connectivity index (χ4n) is 2.48. The first kappa shape index (κ1) is 17.8. The van der Waals surface area contributed by atoms with Gasteiger partial charge in [0.2, 0.25) is 5.91 Å². The smallest absolute Gasteiger partial charge is 0.224 e. The van der Waals surface area contributed by atoms with Crippen molar-refractivity contribution in [2.45, 2.75) is 58.8 Å². The van der Waals surface area contributed by atoms with Crippen molar-refractivity contribution >= 4 is 11.9 Å². The molecule has 1 heterocycles. The Morgan fingerprint density at radius 3 is 2.52 bits per heavy atom. The highest BCUT2D eigenvalue weighted by Gasteiger charge is 2.17. The van der Waals surface area contributed by atoms with Crippen LogP contribution in [0.15, 0.2) is 4.99 Å². The minimum absolute atomic E-state index is 0.263. The number of likely N-dealkylation sites (tertiary alicyclic amines) is 1. The average Bonchev–Trinajstić information content (AvgIpc) is 3.01. The Morgan fingerprint density at radius 2 is 1.86 bits per heavy atom. The molecule has 0 bridgehead atoms. The number of hydrogen-bond donors (Lipinski definition) is 2. The minimum Gasteiger partial charge on any atom is -0.357 e. The molecule has 1 saturated heterocycles. The summed E-state index contributed by atoms with van der Waals surface area (Å²) in [7, 11) is 0. The van der Waals surface area contributed by atoms with Gasteiger partial charge in [0, 0.05) is 39.1 Å². The van der Waals surface area contributed by atoms with Crippen molar-refractivity contribution in [2.75, 3.05) is 32.7 Å². The summed E-state index contributed by atoms with van der Waals surface area (Å²) in [6, 6.07) is 0. The summed E-state index contributed by atoms with van der Waals surface area (Å²) in [5.41, 5.74) is 0. The second-order valence-corrected chi connectivity index (χ2v) is 5.59. The summed E-state index contributed by atoms with van der Waals surface area (Å²) in [6.45, 7) is 8.51. The Bertz CT molecular complexity index is 311. The molecule has 0 aromatic carbocycles. The Labute approximate surface area is 129 Å². The molecule has 0 aromatic rings. The molecule has 1 rings (SSSR count). The lowest BCUT2D eigenvalue weighted by atomic mass is 10.2. The number of unbranched alkanes of at least 4 members (excludes halogenated alkanes) is 3. The van der Waals surface area contributed by atoms with Crippen LogP contribution in [0.5, 0.6) is 0 Å². The number of nitrogens with zero attached hydrogens (tertiary/aromatic N) is 2. The molecule has 1 aliphatic heterocycles. The van der Waals surface area contributed by atoms with Gasteiger partial charge in [-0.05, 0) is 26.2 Å². The zero-order chi connectivity index (χ0) is 15.3. The Morgan fingerprint density at radius 1 is 1.10 bits per heavy atom. The number of aliphatic imine (C=N–C) groups is 1. The number of carbonyl (C=O) groups is 1. The maximum absolute atomic E-state index is 11.9. The summed E-state index contributed by atoms with van der Waals surface area (Å²) < 4.78 is 0. The average molecular weight is 296 g/mol. The molecule has 5 nitrogen and oxygen atoms in total. The first-order valence-electron chi connectivity index (χ1n) is 8.57. The lowest BCUT2D eigenvalue weighted by Crippen LogP contribution is -2.39. The fraction of sp³-hybridized carbons (Fsp3) is 0.875. The minimum atomic E-state index is 0.263. The molecule has 0 aliphatic carbocycles. The van der Waals surface area contributed by atoms with Gasteiger partial charge >= 0.3 is 0 Å². The van der Waals surface area contributed by atoms with Gasteiger partial charge in [0.15, 0.2) is 5.96 Å². The number of guanidine groups is 1.